The van der Waals surface area contributed by atoms with E-state index < -0.39 is 5.60 Å². The van der Waals surface area contributed by atoms with Crippen LogP contribution in [0, 0.1) is 0 Å². The Balaban J connectivity index is 3.05. The largest absolute Gasteiger partial charge is 0.385 e. The normalized spacial score (nSPS) is 11.7. The van der Waals surface area contributed by atoms with E-state index >= 15 is 0 Å². The van der Waals surface area contributed by atoms with Crippen molar-refractivity contribution in [3.05, 3.63) is 34.3 Å². The molecule has 0 aliphatic heterocycles. The van der Waals surface area contributed by atoms with Gasteiger partial charge in [0.2, 0.25) is 0 Å². The Morgan fingerprint density at radius 2 is 1.92 bits per heavy atom. The third kappa shape index (κ3) is 2.32. The third-order valence-corrected chi connectivity index (χ3v) is 3.02. The smallest absolute Gasteiger partial charge is 0.0891 e. The summed E-state index contributed by atoms with van der Waals surface area (Å²) in [6.07, 6.45) is 1.50. The van der Waals surface area contributed by atoms with Crippen LogP contribution in [0.3, 0.4) is 0 Å². The zero-order valence-electron chi connectivity index (χ0n) is 8.05. The Hall–Kier alpha value is -0.340. The number of rotatable bonds is 3. The summed E-state index contributed by atoms with van der Waals surface area (Å²) in [5.74, 6) is 0. The maximum Gasteiger partial charge on any atom is 0.0891 e. The highest BCUT2D eigenvalue weighted by molar-refractivity contribution is 9.10. The molecule has 0 unspecified atom stereocenters. The van der Waals surface area contributed by atoms with E-state index in [-0.39, 0.29) is 0 Å². The number of hydrogen-bond acceptors (Lipinski definition) is 1. The summed E-state index contributed by atoms with van der Waals surface area (Å²) in [6, 6.07) is 7.87. The first-order chi connectivity index (χ1) is 6.12. The maximum atomic E-state index is 10.2. The highest BCUT2D eigenvalue weighted by Crippen LogP contribution is 2.29. The van der Waals surface area contributed by atoms with Gasteiger partial charge in [0.15, 0.2) is 0 Å². The highest BCUT2D eigenvalue weighted by Gasteiger charge is 2.24. The monoisotopic (exact) mass is 242 g/mol. The van der Waals surface area contributed by atoms with Gasteiger partial charge in [0.1, 0.15) is 0 Å². The molecule has 0 aliphatic rings. The molecule has 1 N–H and O–H groups in total. The molecule has 2 heteroatoms. The van der Waals surface area contributed by atoms with Crippen molar-refractivity contribution >= 4 is 15.9 Å². The van der Waals surface area contributed by atoms with Crippen molar-refractivity contribution in [2.24, 2.45) is 0 Å². The van der Waals surface area contributed by atoms with Crippen LogP contribution in [0.5, 0.6) is 0 Å². The minimum Gasteiger partial charge on any atom is -0.385 e. The van der Waals surface area contributed by atoms with Crippen LogP contribution in [0.25, 0.3) is 0 Å². The first-order valence-electron chi connectivity index (χ1n) is 4.61. The lowest BCUT2D eigenvalue weighted by Gasteiger charge is -2.25. The number of benzene rings is 1. The molecular formula is C11H15BrO. The van der Waals surface area contributed by atoms with E-state index in [0.29, 0.717) is 0 Å². The van der Waals surface area contributed by atoms with Crippen LogP contribution in [0.1, 0.15) is 32.3 Å². The second-order valence-electron chi connectivity index (χ2n) is 3.25. The predicted octanol–water partition coefficient (Wildman–Crippen LogP) is 3.46. The summed E-state index contributed by atoms with van der Waals surface area (Å²) in [4.78, 5) is 0. The molecule has 0 heterocycles. The van der Waals surface area contributed by atoms with E-state index in [1.807, 2.05) is 38.1 Å². The van der Waals surface area contributed by atoms with Crippen LogP contribution in [0.2, 0.25) is 0 Å². The molecule has 1 nitrogen and oxygen atoms in total. The van der Waals surface area contributed by atoms with E-state index in [0.717, 1.165) is 22.9 Å². The van der Waals surface area contributed by atoms with Gasteiger partial charge in [-0.25, -0.2) is 0 Å². The minimum absolute atomic E-state index is 0.663. The average molecular weight is 243 g/mol. The van der Waals surface area contributed by atoms with Crippen LogP contribution in [-0.2, 0) is 5.60 Å². The van der Waals surface area contributed by atoms with E-state index in [1.54, 1.807) is 0 Å². The van der Waals surface area contributed by atoms with Crippen LogP contribution >= 0.6 is 15.9 Å². The van der Waals surface area contributed by atoms with Gasteiger partial charge in [-0.15, -0.1) is 0 Å². The maximum absolute atomic E-state index is 10.2. The zero-order chi connectivity index (χ0) is 9.90. The van der Waals surface area contributed by atoms with Gasteiger partial charge in [0, 0.05) is 4.47 Å². The molecule has 0 saturated heterocycles. The molecule has 0 aliphatic carbocycles. The number of aliphatic hydroxyl groups is 1. The van der Waals surface area contributed by atoms with Crippen molar-refractivity contribution in [1.29, 1.82) is 0 Å². The molecule has 0 fully saturated rings. The summed E-state index contributed by atoms with van der Waals surface area (Å²) in [5, 5.41) is 10.2. The van der Waals surface area contributed by atoms with Gasteiger partial charge in [-0.05, 0) is 30.5 Å². The topological polar surface area (TPSA) is 20.2 Å². The molecule has 0 atom stereocenters. The van der Waals surface area contributed by atoms with Gasteiger partial charge >= 0.3 is 0 Å². The molecular weight excluding hydrogens is 228 g/mol. The molecule has 0 amide bonds. The first-order valence-corrected chi connectivity index (χ1v) is 5.40. The number of hydrogen-bond donors (Lipinski definition) is 1. The Morgan fingerprint density at radius 3 is 2.38 bits per heavy atom. The van der Waals surface area contributed by atoms with E-state index in [9.17, 15) is 5.11 Å². The van der Waals surface area contributed by atoms with Crippen molar-refractivity contribution < 1.29 is 5.11 Å². The Morgan fingerprint density at radius 1 is 1.31 bits per heavy atom. The Bertz CT molecular complexity index is 279. The van der Waals surface area contributed by atoms with Gasteiger partial charge in [0.25, 0.3) is 0 Å². The fourth-order valence-electron chi connectivity index (χ4n) is 1.44. The van der Waals surface area contributed by atoms with Crippen molar-refractivity contribution in [2.45, 2.75) is 32.3 Å². The molecule has 0 bridgehead atoms. The molecule has 1 aromatic rings. The molecule has 0 saturated carbocycles. The second-order valence-corrected chi connectivity index (χ2v) is 4.16. The van der Waals surface area contributed by atoms with Crippen molar-refractivity contribution in [3.8, 4) is 0 Å². The molecule has 1 rings (SSSR count). The zero-order valence-corrected chi connectivity index (χ0v) is 9.63. The van der Waals surface area contributed by atoms with Crippen molar-refractivity contribution in [3.63, 3.8) is 0 Å². The van der Waals surface area contributed by atoms with Gasteiger partial charge in [-0.1, -0.05) is 41.9 Å². The van der Waals surface area contributed by atoms with Crippen molar-refractivity contribution in [1.82, 2.24) is 0 Å². The number of halogens is 1. The van der Waals surface area contributed by atoms with Gasteiger partial charge in [0.05, 0.1) is 5.60 Å². The van der Waals surface area contributed by atoms with Gasteiger partial charge in [-0.3, -0.25) is 0 Å². The molecule has 72 valence electrons. The molecule has 1 aromatic carbocycles. The van der Waals surface area contributed by atoms with Crippen LogP contribution in [0.15, 0.2) is 28.7 Å². The second kappa shape index (κ2) is 4.25. The summed E-state index contributed by atoms with van der Waals surface area (Å²) >= 11 is 3.40. The predicted molar refractivity (Wildman–Crippen MR) is 58.6 cm³/mol. The first kappa shape index (κ1) is 10.7. The lowest BCUT2D eigenvalue weighted by molar-refractivity contribution is 0.0283. The Kier molecular flexibility index (Phi) is 3.51. The fourth-order valence-corrected chi connectivity index (χ4v) is 1.84. The summed E-state index contributed by atoms with van der Waals surface area (Å²) < 4.78 is 1.02. The van der Waals surface area contributed by atoms with E-state index in [2.05, 4.69) is 15.9 Å². The van der Waals surface area contributed by atoms with Crippen LogP contribution < -0.4 is 0 Å². The van der Waals surface area contributed by atoms with Gasteiger partial charge in [-0.2, -0.15) is 0 Å². The van der Waals surface area contributed by atoms with E-state index in [4.69, 9.17) is 0 Å². The van der Waals surface area contributed by atoms with Crippen LogP contribution in [0.4, 0.5) is 0 Å². The SMILES string of the molecule is CCC(O)(CC)c1cccc(Br)c1. The highest BCUT2D eigenvalue weighted by atomic mass is 79.9. The summed E-state index contributed by atoms with van der Waals surface area (Å²) in [5.41, 5.74) is 0.330. The molecule has 0 radical (unpaired) electrons. The third-order valence-electron chi connectivity index (χ3n) is 2.53. The standard InChI is InChI=1S/C11H15BrO/c1-3-11(13,4-2)9-6-5-7-10(12)8-9/h5-8,13H,3-4H2,1-2H3. The molecule has 13 heavy (non-hydrogen) atoms. The fraction of sp³-hybridized carbons (Fsp3) is 0.455. The minimum atomic E-state index is -0.663. The van der Waals surface area contributed by atoms with Crippen molar-refractivity contribution in [2.75, 3.05) is 0 Å². The van der Waals surface area contributed by atoms with Crippen LogP contribution in [-0.4, -0.2) is 5.11 Å². The lowest BCUT2D eigenvalue weighted by Crippen LogP contribution is -2.23. The quantitative estimate of drug-likeness (QED) is 0.861. The van der Waals surface area contributed by atoms with E-state index in [1.165, 1.54) is 0 Å². The summed E-state index contributed by atoms with van der Waals surface area (Å²) in [6.45, 7) is 4.01. The summed E-state index contributed by atoms with van der Waals surface area (Å²) in [7, 11) is 0. The molecule has 0 aromatic heterocycles. The molecule has 0 spiro atoms. The average Bonchev–Trinajstić information content (AvgIpc) is 2.17. The lowest BCUT2D eigenvalue weighted by atomic mass is 9.89. The Labute approximate surface area is 87.9 Å². The van der Waals surface area contributed by atoms with Gasteiger partial charge < -0.3 is 5.11 Å².